The summed E-state index contributed by atoms with van der Waals surface area (Å²) in [6, 6.07) is 19.3. The normalized spacial score (nSPS) is 15.8. The van der Waals surface area contributed by atoms with Gasteiger partial charge in [0.25, 0.3) is 5.91 Å². The van der Waals surface area contributed by atoms with Gasteiger partial charge in [0.1, 0.15) is 6.04 Å². The molecule has 1 saturated heterocycles. The number of nitrogens with zero attached hydrogens (tertiary/aromatic N) is 1. The molecule has 3 aromatic carbocycles. The van der Waals surface area contributed by atoms with E-state index in [-0.39, 0.29) is 31.0 Å². The third-order valence-electron chi connectivity index (χ3n) is 6.49. The van der Waals surface area contributed by atoms with Gasteiger partial charge < -0.3 is 20.1 Å². The minimum absolute atomic E-state index is 0.114. The minimum Gasteiger partial charge on any atom is -0.465 e. The molecule has 2 heterocycles. The first kappa shape index (κ1) is 25.1. The number of nitrogens with one attached hydrogen (secondary N) is 3. The molecule has 4 N–H and O–H groups in total. The quantitative estimate of drug-likeness (QED) is 0.376. The fraction of sp³-hybridized carbons (Fsp3) is 0.185. The Morgan fingerprint density at radius 2 is 1.76 bits per heavy atom. The van der Waals surface area contributed by atoms with Gasteiger partial charge in [-0.3, -0.25) is 20.2 Å². The molecule has 1 spiro atoms. The van der Waals surface area contributed by atoms with Gasteiger partial charge in [0.2, 0.25) is 5.91 Å². The van der Waals surface area contributed by atoms with E-state index >= 15 is 0 Å². The number of halogens is 1. The molecular weight excluding hydrogens is 512 g/mol. The van der Waals surface area contributed by atoms with E-state index in [1.54, 1.807) is 18.2 Å². The summed E-state index contributed by atoms with van der Waals surface area (Å²) in [6.45, 7) is 0.229. The SMILES string of the molecule is O=C(O)Nc1ccc(C(=O)NC(Cc2ccccc2)C(=O)N2CC3(C2)OC(=O)Nc2ccc(Cl)cc23)cc1. The van der Waals surface area contributed by atoms with E-state index in [4.69, 9.17) is 21.4 Å². The third kappa shape index (κ3) is 5.12. The second-order valence-electron chi connectivity index (χ2n) is 9.12. The van der Waals surface area contributed by atoms with Crippen molar-refractivity contribution in [3.05, 3.63) is 94.5 Å². The van der Waals surface area contributed by atoms with Gasteiger partial charge in [0.15, 0.2) is 5.60 Å². The lowest BCUT2D eigenvalue weighted by atomic mass is 9.83. The summed E-state index contributed by atoms with van der Waals surface area (Å²) in [5.74, 6) is -0.808. The molecule has 4 amide bonds. The van der Waals surface area contributed by atoms with Gasteiger partial charge in [-0.15, -0.1) is 0 Å². The minimum atomic E-state index is -1.22. The monoisotopic (exact) mass is 534 g/mol. The van der Waals surface area contributed by atoms with Gasteiger partial charge in [-0.2, -0.15) is 0 Å². The Kier molecular flexibility index (Phi) is 6.64. The van der Waals surface area contributed by atoms with Gasteiger partial charge in [-0.1, -0.05) is 41.9 Å². The first-order chi connectivity index (χ1) is 18.2. The molecule has 194 valence electrons. The van der Waals surface area contributed by atoms with Gasteiger partial charge in [0.05, 0.1) is 18.8 Å². The first-order valence-corrected chi connectivity index (χ1v) is 12.1. The zero-order valence-electron chi connectivity index (χ0n) is 19.9. The molecule has 0 saturated carbocycles. The number of carbonyl (C=O) groups is 4. The highest BCUT2D eigenvalue weighted by atomic mass is 35.5. The molecule has 2 aliphatic rings. The molecule has 1 atom stereocenters. The lowest BCUT2D eigenvalue weighted by molar-refractivity contribution is -0.159. The summed E-state index contributed by atoms with van der Waals surface area (Å²) in [7, 11) is 0. The van der Waals surface area contributed by atoms with Crippen LogP contribution in [0.15, 0.2) is 72.8 Å². The van der Waals surface area contributed by atoms with E-state index in [2.05, 4.69) is 16.0 Å². The number of rotatable bonds is 6. The molecule has 11 heteroatoms. The van der Waals surface area contributed by atoms with Crippen molar-refractivity contribution < 1.29 is 29.0 Å². The molecule has 0 aliphatic carbocycles. The Balaban J connectivity index is 1.34. The Morgan fingerprint density at radius 1 is 1.05 bits per heavy atom. The van der Waals surface area contributed by atoms with Crippen molar-refractivity contribution in [3.63, 3.8) is 0 Å². The fourth-order valence-electron chi connectivity index (χ4n) is 4.67. The van der Waals surface area contributed by atoms with Gasteiger partial charge in [-0.05, 0) is 48.0 Å². The van der Waals surface area contributed by atoms with Gasteiger partial charge in [-0.25, -0.2) is 9.59 Å². The van der Waals surface area contributed by atoms with Crippen LogP contribution in [0.25, 0.3) is 0 Å². The van der Waals surface area contributed by atoms with E-state index in [0.717, 1.165) is 5.56 Å². The van der Waals surface area contributed by atoms with Crippen LogP contribution in [0.5, 0.6) is 0 Å². The van der Waals surface area contributed by atoms with Crippen LogP contribution < -0.4 is 16.0 Å². The summed E-state index contributed by atoms with van der Waals surface area (Å²) in [6.07, 6.45) is -1.58. The van der Waals surface area contributed by atoms with Crippen LogP contribution >= 0.6 is 11.6 Å². The highest BCUT2D eigenvalue weighted by Crippen LogP contribution is 2.44. The summed E-state index contributed by atoms with van der Waals surface area (Å²) >= 11 is 6.18. The molecule has 38 heavy (non-hydrogen) atoms. The van der Waals surface area contributed by atoms with Crippen LogP contribution in [0.3, 0.4) is 0 Å². The zero-order chi connectivity index (χ0) is 26.9. The maximum absolute atomic E-state index is 13.6. The number of carboxylic acid groups (broad SMARTS) is 1. The van der Waals surface area contributed by atoms with Crippen molar-refractivity contribution in [2.24, 2.45) is 0 Å². The largest absolute Gasteiger partial charge is 0.465 e. The number of hydrogen-bond acceptors (Lipinski definition) is 5. The number of hydrogen-bond donors (Lipinski definition) is 4. The average Bonchev–Trinajstić information content (AvgIpc) is 2.87. The molecule has 10 nitrogen and oxygen atoms in total. The molecule has 1 fully saturated rings. The Labute approximate surface area is 222 Å². The predicted octanol–water partition coefficient (Wildman–Crippen LogP) is 4.07. The molecular formula is C27H23ClN4O6. The Bertz CT molecular complexity index is 1410. The molecule has 0 radical (unpaired) electrons. The predicted molar refractivity (Wildman–Crippen MR) is 139 cm³/mol. The molecule has 1 unspecified atom stereocenters. The van der Waals surface area contributed by atoms with E-state index < -0.39 is 29.7 Å². The lowest BCUT2D eigenvalue weighted by Gasteiger charge is -2.51. The number of likely N-dealkylation sites (tertiary alicyclic amines) is 1. The Hall–Kier alpha value is -4.57. The van der Waals surface area contributed by atoms with Crippen LogP contribution in [0, 0.1) is 0 Å². The number of benzene rings is 3. The number of anilines is 2. The highest BCUT2D eigenvalue weighted by Gasteiger charge is 2.54. The number of fused-ring (bicyclic) bond motifs is 2. The first-order valence-electron chi connectivity index (χ1n) is 11.8. The standard InChI is InChI=1S/C27H23ClN4O6/c28-18-8-11-21-20(13-18)27(38-26(37)31-21)14-32(15-27)24(34)22(12-16-4-2-1-3-5-16)30-23(33)17-6-9-19(10-7-17)29-25(35)36/h1-11,13,22,29H,12,14-15H2,(H,30,33)(H,31,37)(H,35,36). The van der Waals surface area contributed by atoms with Crippen LogP contribution in [-0.4, -0.2) is 53.1 Å². The molecule has 0 bridgehead atoms. The van der Waals surface area contributed by atoms with E-state index in [9.17, 15) is 19.2 Å². The second-order valence-corrected chi connectivity index (χ2v) is 9.55. The third-order valence-corrected chi connectivity index (χ3v) is 6.72. The van der Waals surface area contributed by atoms with Gasteiger partial charge in [0, 0.05) is 28.3 Å². The van der Waals surface area contributed by atoms with Crippen molar-refractivity contribution in [2.75, 3.05) is 23.7 Å². The van der Waals surface area contributed by atoms with Crippen molar-refractivity contribution in [1.82, 2.24) is 10.2 Å². The van der Waals surface area contributed by atoms with Crippen LogP contribution in [0.2, 0.25) is 5.02 Å². The maximum Gasteiger partial charge on any atom is 0.412 e. The van der Waals surface area contributed by atoms with Crippen LogP contribution in [-0.2, 0) is 21.6 Å². The maximum atomic E-state index is 13.6. The molecule has 3 aromatic rings. The zero-order valence-corrected chi connectivity index (χ0v) is 20.7. The van der Waals surface area contributed by atoms with Crippen molar-refractivity contribution in [2.45, 2.75) is 18.1 Å². The van der Waals surface area contributed by atoms with E-state index in [1.807, 2.05) is 30.3 Å². The molecule has 2 aliphatic heterocycles. The smallest absolute Gasteiger partial charge is 0.412 e. The highest BCUT2D eigenvalue weighted by molar-refractivity contribution is 6.30. The number of carbonyl (C=O) groups excluding carboxylic acids is 3. The summed E-state index contributed by atoms with van der Waals surface area (Å²) in [5, 5.41) is 17.0. The molecule has 5 rings (SSSR count). The van der Waals surface area contributed by atoms with Crippen LogP contribution in [0.4, 0.5) is 21.0 Å². The van der Waals surface area contributed by atoms with Crippen LogP contribution in [0.1, 0.15) is 21.5 Å². The van der Waals surface area contributed by atoms with E-state index in [0.29, 0.717) is 22.0 Å². The molecule has 0 aromatic heterocycles. The summed E-state index contributed by atoms with van der Waals surface area (Å²) in [5.41, 5.74) is 1.68. The van der Waals surface area contributed by atoms with Crippen molar-refractivity contribution >= 4 is 47.0 Å². The summed E-state index contributed by atoms with van der Waals surface area (Å²) < 4.78 is 5.62. The van der Waals surface area contributed by atoms with Crippen molar-refractivity contribution in [1.29, 1.82) is 0 Å². The Morgan fingerprint density at radius 3 is 2.45 bits per heavy atom. The lowest BCUT2D eigenvalue weighted by Crippen LogP contribution is -2.67. The van der Waals surface area contributed by atoms with Gasteiger partial charge >= 0.3 is 12.2 Å². The fourth-order valence-corrected chi connectivity index (χ4v) is 4.84. The average molecular weight is 535 g/mol. The number of ether oxygens (including phenoxy) is 1. The summed E-state index contributed by atoms with van der Waals surface area (Å²) in [4.78, 5) is 51.2. The number of amides is 4. The second kappa shape index (κ2) is 10.1. The van der Waals surface area contributed by atoms with E-state index in [1.165, 1.54) is 29.2 Å². The van der Waals surface area contributed by atoms with Crippen molar-refractivity contribution in [3.8, 4) is 0 Å². The topological polar surface area (TPSA) is 137 Å².